The molecule has 1 saturated heterocycles. The van der Waals surface area contributed by atoms with Crippen LogP contribution in [-0.2, 0) is 4.79 Å². The molecule has 0 radical (unpaired) electrons. The van der Waals surface area contributed by atoms with Crippen LogP contribution in [0.5, 0.6) is 0 Å². The van der Waals surface area contributed by atoms with Crippen LogP contribution in [-0.4, -0.2) is 11.0 Å². The molecule has 4 rings (SSSR count). The number of hydrogen-bond acceptors (Lipinski definition) is 2. The van der Waals surface area contributed by atoms with Gasteiger partial charge in [0.25, 0.3) is 0 Å². The maximum absolute atomic E-state index is 13.4. The van der Waals surface area contributed by atoms with Crippen molar-refractivity contribution in [2.75, 3.05) is 4.90 Å². The summed E-state index contributed by atoms with van der Waals surface area (Å²) in [5, 5.41) is 10.4. The first-order valence-electron chi connectivity index (χ1n) is 9.71. The van der Waals surface area contributed by atoms with E-state index in [9.17, 15) is 23.1 Å². The van der Waals surface area contributed by atoms with Crippen LogP contribution in [0.2, 0.25) is 0 Å². The lowest BCUT2D eigenvalue weighted by Crippen LogP contribution is -2.55. The third-order valence-electron chi connectivity index (χ3n) is 5.54. The number of nitrogens with zero attached hydrogens (tertiary/aromatic N) is 1. The van der Waals surface area contributed by atoms with Crippen molar-refractivity contribution in [2.45, 2.75) is 25.0 Å². The highest BCUT2D eigenvalue weighted by Gasteiger charge is 2.48. The van der Waals surface area contributed by atoms with Gasteiger partial charge in [-0.1, -0.05) is 24.3 Å². The molecule has 1 aliphatic heterocycles. The number of carbonyl (C=O) groups excluding carboxylic acids is 1. The number of aliphatic hydroxyl groups excluding tert-OH is 1. The Morgan fingerprint density at radius 1 is 0.800 bits per heavy atom. The smallest absolute Gasteiger partial charge is 0.233 e. The van der Waals surface area contributed by atoms with E-state index < -0.39 is 17.8 Å². The zero-order chi connectivity index (χ0) is 21.3. The van der Waals surface area contributed by atoms with E-state index in [0.717, 1.165) is 5.56 Å². The van der Waals surface area contributed by atoms with Crippen LogP contribution in [0.15, 0.2) is 72.8 Å². The van der Waals surface area contributed by atoms with Gasteiger partial charge in [0.15, 0.2) is 0 Å². The standard InChI is InChI=1S/C24H20F3NO2/c25-17-5-1-15(2-6-17)22(29)14-13-21-23(16-3-7-18(26)8-4-16)28(24(21)30)20-11-9-19(27)10-12-20/h1-12,21-23,29H,13-14H2/t21-,22+,23-/m1/s1/i26-1. The maximum Gasteiger partial charge on any atom is 0.233 e. The lowest BCUT2D eigenvalue weighted by atomic mass is 9.78. The molecule has 154 valence electrons. The van der Waals surface area contributed by atoms with Crippen molar-refractivity contribution >= 4 is 11.6 Å². The van der Waals surface area contributed by atoms with Gasteiger partial charge in [-0.25, -0.2) is 13.2 Å². The van der Waals surface area contributed by atoms with E-state index in [-0.39, 0.29) is 23.6 Å². The largest absolute Gasteiger partial charge is 0.388 e. The molecule has 0 unspecified atom stereocenters. The van der Waals surface area contributed by atoms with E-state index >= 15 is 0 Å². The molecular weight excluding hydrogens is 390 g/mol. The molecular formula is C24H20F3NO2. The summed E-state index contributed by atoms with van der Waals surface area (Å²) in [6.07, 6.45) is -0.110. The molecule has 1 fully saturated rings. The van der Waals surface area contributed by atoms with E-state index in [4.69, 9.17) is 0 Å². The number of benzene rings is 3. The Balaban J connectivity index is 1.55. The third-order valence-corrected chi connectivity index (χ3v) is 5.54. The summed E-state index contributed by atoms with van der Waals surface area (Å²) in [6, 6.07) is 16.8. The fourth-order valence-corrected chi connectivity index (χ4v) is 3.95. The number of rotatable bonds is 6. The van der Waals surface area contributed by atoms with Crippen LogP contribution < -0.4 is 4.90 Å². The van der Waals surface area contributed by atoms with Gasteiger partial charge < -0.3 is 10.0 Å². The Labute approximate surface area is 172 Å². The van der Waals surface area contributed by atoms with Crippen molar-refractivity contribution in [2.24, 2.45) is 5.92 Å². The summed E-state index contributed by atoms with van der Waals surface area (Å²) in [7, 11) is 0. The minimum atomic E-state index is -0.827. The molecule has 0 aliphatic carbocycles. The van der Waals surface area contributed by atoms with Crippen molar-refractivity contribution in [3.05, 3.63) is 101 Å². The van der Waals surface area contributed by atoms with E-state index in [2.05, 4.69) is 0 Å². The number of anilines is 1. The lowest BCUT2D eigenvalue weighted by molar-refractivity contribution is -0.131. The highest BCUT2D eigenvalue weighted by molar-refractivity contribution is 6.03. The van der Waals surface area contributed by atoms with Gasteiger partial charge >= 0.3 is 0 Å². The molecule has 0 bridgehead atoms. The average Bonchev–Trinajstić information content (AvgIpc) is 2.74. The monoisotopic (exact) mass is 410 g/mol. The quantitative estimate of drug-likeness (QED) is 0.559. The maximum atomic E-state index is 13.4. The minimum absolute atomic E-state index is 0.137. The molecule has 3 nitrogen and oxygen atoms in total. The number of halogens is 3. The number of carbonyl (C=O) groups is 1. The summed E-state index contributed by atoms with van der Waals surface area (Å²) in [5.41, 5.74) is 1.91. The van der Waals surface area contributed by atoms with E-state index in [1.54, 1.807) is 17.0 Å². The van der Waals surface area contributed by atoms with Crippen LogP contribution in [0.4, 0.5) is 18.9 Å². The summed E-state index contributed by atoms with van der Waals surface area (Å²) >= 11 is 0. The molecule has 0 aromatic heterocycles. The van der Waals surface area contributed by atoms with Gasteiger partial charge in [-0.05, 0) is 72.5 Å². The molecule has 0 spiro atoms. The SMILES string of the molecule is O=C1[C@H](CC[C@H](O)c2ccc(F)cc2)[C@@H](c2ccc([18F])cc2)N1c1ccc(F)cc1. The number of β-lactam (4-membered cyclic amide) rings is 1. The first kappa shape index (κ1) is 20.2. The number of amides is 1. The molecule has 6 heteroatoms. The lowest BCUT2D eigenvalue weighted by Gasteiger charge is -2.48. The molecule has 3 aromatic rings. The van der Waals surface area contributed by atoms with Crippen molar-refractivity contribution in [3.63, 3.8) is 0 Å². The topological polar surface area (TPSA) is 40.5 Å². The summed E-state index contributed by atoms with van der Waals surface area (Å²) in [4.78, 5) is 14.5. The Hall–Kier alpha value is -3.12. The predicted molar refractivity (Wildman–Crippen MR) is 107 cm³/mol. The fraction of sp³-hybridized carbons (Fsp3) is 0.208. The van der Waals surface area contributed by atoms with Crippen LogP contribution >= 0.6 is 0 Å². The minimum Gasteiger partial charge on any atom is -0.388 e. The first-order valence-corrected chi connectivity index (χ1v) is 9.71. The average molecular weight is 410 g/mol. The van der Waals surface area contributed by atoms with Crippen LogP contribution in [0.1, 0.15) is 36.1 Å². The molecule has 1 aliphatic rings. The van der Waals surface area contributed by atoms with E-state index in [1.165, 1.54) is 60.7 Å². The van der Waals surface area contributed by atoms with Crippen LogP contribution in [0.25, 0.3) is 0 Å². The van der Waals surface area contributed by atoms with Gasteiger partial charge in [0.05, 0.1) is 18.1 Å². The molecule has 1 N–H and O–H groups in total. The molecule has 3 aromatic carbocycles. The molecule has 0 saturated carbocycles. The second-order valence-corrected chi connectivity index (χ2v) is 7.43. The van der Waals surface area contributed by atoms with Crippen molar-refractivity contribution < 1.29 is 23.1 Å². The molecule has 3 atom stereocenters. The van der Waals surface area contributed by atoms with Gasteiger partial charge in [0, 0.05) is 5.69 Å². The summed E-state index contributed by atoms with van der Waals surface area (Å²) < 4.78 is 39.8. The zero-order valence-electron chi connectivity index (χ0n) is 16.0. The Morgan fingerprint density at radius 2 is 1.30 bits per heavy atom. The molecule has 1 heterocycles. The highest BCUT2D eigenvalue weighted by atomic mass is 19.1. The normalized spacial score (nSPS) is 19.5. The zero-order valence-corrected chi connectivity index (χ0v) is 16.0. The van der Waals surface area contributed by atoms with Crippen molar-refractivity contribution in [3.8, 4) is 0 Å². The van der Waals surface area contributed by atoms with Gasteiger partial charge in [-0.3, -0.25) is 4.79 Å². The number of hydrogen-bond donors (Lipinski definition) is 1. The van der Waals surface area contributed by atoms with Crippen LogP contribution in [0.3, 0.4) is 0 Å². The highest BCUT2D eigenvalue weighted by Crippen LogP contribution is 2.46. The fourth-order valence-electron chi connectivity index (χ4n) is 3.95. The molecule has 1 amide bonds. The van der Waals surface area contributed by atoms with Crippen LogP contribution in [0, 0.1) is 23.4 Å². The Kier molecular flexibility index (Phi) is 5.59. The van der Waals surface area contributed by atoms with E-state index in [1.807, 2.05) is 0 Å². The number of aliphatic hydroxyl groups is 1. The third kappa shape index (κ3) is 3.96. The Morgan fingerprint density at radius 3 is 1.87 bits per heavy atom. The second kappa shape index (κ2) is 8.32. The first-order chi connectivity index (χ1) is 14.4. The van der Waals surface area contributed by atoms with Gasteiger partial charge in [-0.15, -0.1) is 0 Å². The predicted octanol–water partition coefficient (Wildman–Crippen LogP) is 5.32. The van der Waals surface area contributed by atoms with Gasteiger partial charge in [0.1, 0.15) is 17.5 Å². The Bertz CT molecular complexity index is 1020. The van der Waals surface area contributed by atoms with Crippen molar-refractivity contribution in [1.29, 1.82) is 0 Å². The molecule has 30 heavy (non-hydrogen) atoms. The van der Waals surface area contributed by atoms with E-state index in [0.29, 0.717) is 24.1 Å². The second-order valence-electron chi connectivity index (χ2n) is 7.43. The van der Waals surface area contributed by atoms with Gasteiger partial charge in [0.2, 0.25) is 5.91 Å². The van der Waals surface area contributed by atoms with Gasteiger partial charge in [-0.2, -0.15) is 0 Å². The van der Waals surface area contributed by atoms with Crippen molar-refractivity contribution in [1.82, 2.24) is 0 Å². The summed E-state index contributed by atoms with van der Waals surface area (Å²) in [6.45, 7) is 0. The summed E-state index contributed by atoms with van der Waals surface area (Å²) in [5.74, 6) is -1.70.